The monoisotopic (exact) mass is 428 g/mol. The van der Waals surface area contributed by atoms with E-state index in [4.69, 9.17) is 16.3 Å². The van der Waals surface area contributed by atoms with Crippen LogP contribution in [-0.4, -0.2) is 46.7 Å². The number of nitrogens with one attached hydrogen (secondary N) is 1. The van der Waals surface area contributed by atoms with E-state index in [-0.39, 0.29) is 19.1 Å². The van der Waals surface area contributed by atoms with Crippen LogP contribution in [0.15, 0.2) is 54.6 Å². The normalized spacial score (nSPS) is 24.7. The number of imide groups is 1. The Bertz CT molecular complexity index is 895. The third kappa shape index (κ3) is 4.30. The van der Waals surface area contributed by atoms with Gasteiger partial charge in [0.25, 0.3) is 5.91 Å². The predicted molar refractivity (Wildman–Crippen MR) is 114 cm³/mol. The molecule has 2 N–H and O–H groups in total. The van der Waals surface area contributed by atoms with Crippen LogP contribution in [0, 0.1) is 0 Å². The number of β-amino-alcohol motifs (C(OH)–C–C–N with tert-alkyl or cyclic N) is 1. The molecule has 158 valence electrons. The minimum atomic E-state index is -0.980. The second-order valence-electron chi connectivity index (χ2n) is 8.03. The number of benzene rings is 2. The van der Waals surface area contributed by atoms with Crippen LogP contribution in [0.4, 0.5) is 4.79 Å². The highest BCUT2D eigenvalue weighted by Gasteiger charge is 2.52. The van der Waals surface area contributed by atoms with Crippen molar-refractivity contribution in [3.8, 4) is 5.75 Å². The number of hydrogen-bond donors (Lipinski definition) is 2. The molecule has 2 aromatic carbocycles. The van der Waals surface area contributed by atoms with Crippen molar-refractivity contribution in [1.82, 2.24) is 10.2 Å². The van der Waals surface area contributed by atoms with Crippen molar-refractivity contribution in [1.29, 1.82) is 0 Å². The average molecular weight is 429 g/mol. The Kier molecular flexibility index (Phi) is 5.97. The molecule has 1 saturated carbocycles. The van der Waals surface area contributed by atoms with Crippen molar-refractivity contribution < 1.29 is 19.4 Å². The summed E-state index contributed by atoms with van der Waals surface area (Å²) in [6.07, 6.45) is 1.90. The van der Waals surface area contributed by atoms with Gasteiger partial charge in [-0.3, -0.25) is 9.69 Å². The fourth-order valence-electron chi connectivity index (χ4n) is 4.34. The second-order valence-corrected chi connectivity index (χ2v) is 8.47. The third-order valence-electron chi connectivity index (χ3n) is 6.01. The third-order valence-corrected chi connectivity index (χ3v) is 6.26. The number of amides is 3. The Morgan fingerprint density at radius 2 is 1.77 bits per heavy atom. The highest BCUT2D eigenvalue weighted by molar-refractivity contribution is 6.30. The highest BCUT2D eigenvalue weighted by Crippen LogP contribution is 2.40. The zero-order valence-corrected chi connectivity index (χ0v) is 17.3. The van der Waals surface area contributed by atoms with Crippen LogP contribution in [0.5, 0.6) is 5.75 Å². The second kappa shape index (κ2) is 8.66. The summed E-state index contributed by atoms with van der Waals surface area (Å²) < 4.78 is 5.53. The first-order valence-corrected chi connectivity index (χ1v) is 10.6. The van der Waals surface area contributed by atoms with Gasteiger partial charge in [-0.2, -0.15) is 0 Å². The number of nitrogens with zero attached hydrogens (tertiary/aromatic N) is 1. The molecular formula is C23H25ClN2O4. The van der Waals surface area contributed by atoms with Crippen LogP contribution in [0.2, 0.25) is 5.02 Å². The molecule has 1 unspecified atom stereocenters. The molecule has 2 fully saturated rings. The van der Waals surface area contributed by atoms with E-state index in [1.165, 1.54) is 5.56 Å². The molecule has 2 aromatic rings. The van der Waals surface area contributed by atoms with Gasteiger partial charge in [-0.25, -0.2) is 4.79 Å². The molecule has 0 aromatic heterocycles. The van der Waals surface area contributed by atoms with E-state index in [1.54, 1.807) is 24.3 Å². The van der Waals surface area contributed by atoms with Crippen molar-refractivity contribution in [2.75, 3.05) is 13.2 Å². The quantitative estimate of drug-likeness (QED) is 0.687. The standard InChI is InChI=1S/C23H25ClN2O4/c24-18-6-8-20(9-7-18)30-15-19(27)14-26-21(28)23(25-22(26)29)12-10-17(11-13-23)16-4-2-1-3-5-16/h1-9,17,19,27H,10-15H2,(H,25,29). The van der Waals surface area contributed by atoms with Crippen LogP contribution in [0.1, 0.15) is 37.2 Å². The summed E-state index contributed by atoms with van der Waals surface area (Å²) in [4.78, 5) is 26.7. The SMILES string of the molecule is O=C1NC2(CCC(c3ccccc3)CC2)C(=O)N1CC(O)COc1ccc(Cl)cc1. The molecule has 1 atom stereocenters. The van der Waals surface area contributed by atoms with Crippen molar-refractivity contribution >= 4 is 23.5 Å². The topological polar surface area (TPSA) is 78.9 Å². The summed E-state index contributed by atoms with van der Waals surface area (Å²) in [5, 5.41) is 13.8. The lowest BCUT2D eigenvalue weighted by molar-refractivity contribution is -0.133. The molecule has 0 bridgehead atoms. The highest BCUT2D eigenvalue weighted by atomic mass is 35.5. The lowest BCUT2D eigenvalue weighted by Crippen LogP contribution is -2.49. The average Bonchev–Trinajstić information content (AvgIpc) is 2.98. The van der Waals surface area contributed by atoms with Crippen LogP contribution < -0.4 is 10.1 Å². The van der Waals surface area contributed by atoms with E-state index in [2.05, 4.69) is 17.4 Å². The molecule has 1 aliphatic heterocycles. The summed E-state index contributed by atoms with van der Waals surface area (Å²) in [6.45, 7) is -0.121. The number of urea groups is 1. The fourth-order valence-corrected chi connectivity index (χ4v) is 4.46. The first kappa shape index (κ1) is 20.7. The van der Waals surface area contributed by atoms with Crippen molar-refractivity contribution in [3.63, 3.8) is 0 Å². The molecule has 1 aliphatic carbocycles. The number of aliphatic hydroxyl groups excluding tert-OH is 1. The summed E-state index contributed by atoms with van der Waals surface area (Å²) in [5.74, 6) is 0.713. The van der Waals surface area contributed by atoms with E-state index in [1.807, 2.05) is 18.2 Å². The molecule has 1 saturated heterocycles. The smallest absolute Gasteiger partial charge is 0.325 e. The predicted octanol–water partition coefficient (Wildman–Crippen LogP) is 3.73. The molecule has 1 heterocycles. The Hall–Kier alpha value is -2.57. The molecule has 4 rings (SSSR count). The van der Waals surface area contributed by atoms with E-state index in [0.29, 0.717) is 29.5 Å². The number of rotatable bonds is 6. The lowest BCUT2D eigenvalue weighted by Gasteiger charge is -2.35. The molecule has 2 aliphatic rings. The molecule has 3 amide bonds. The number of carbonyl (C=O) groups is 2. The Morgan fingerprint density at radius 1 is 1.10 bits per heavy atom. The Labute approximate surface area is 180 Å². The van der Waals surface area contributed by atoms with E-state index >= 15 is 0 Å². The summed E-state index contributed by atoms with van der Waals surface area (Å²) in [6, 6.07) is 16.6. The van der Waals surface area contributed by atoms with Crippen molar-refractivity contribution in [2.45, 2.75) is 43.2 Å². The van der Waals surface area contributed by atoms with Gasteiger partial charge in [0.15, 0.2) is 0 Å². The maximum Gasteiger partial charge on any atom is 0.325 e. The summed E-state index contributed by atoms with van der Waals surface area (Å²) in [5.41, 5.74) is 0.426. The minimum Gasteiger partial charge on any atom is -0.491 e. The van der Waals surface area contributed by atoms with Gasteiger partial charge in [-0.1, -0.05) is 41.9 Å². The Balaban J connectivity index is 1.33. The maximum atomic E-state index is 13.1. The first-order chi connectivity index (χ1) is 14.5. The van der Waals surface area contributed by atoms with Crippen molar-refractivity contribution in [3.05, 3.63) is 65.2 Å². The van der Waals surface area contributed by atoms with Gasteiger partial charge in [-0.05, 0) is 61.4 Å². The van der Waals surface area contributed by atoms with Gasteiger partial charge in [0.05, 0.1) is 6.54 Å². The number of carbonyl (C=O) groups excluding carboxylic acids is 2. The van der Waals surface area contributed by atoms with Crippen LogP contribution in [0.3, 0.4) is 0 Å². The van der Waals surface area contributed by atoms with Gasteiger partial charge in [0, 0.05) is 5.02 Å². The van der Waals surface area contributed by atoms with Crippen LogP contribution >= 0.6 is 11.6 Å². The minimum absolute atomic E-state index is 0.0260. The van der Waals surface area contributed by atoms with E-state index < -0.39 is 17.7 Å². The van der Waals surface area contributed by atoms with Crippen LogP contribution in [0.25, 0.3) is 0 Å². The van der Waals surface area contributed by atoms with Crippen LogP contribution in [-0.2, 0) is 4.79 Å². The summed E-state index contributed by atoms with van der Waals surface area (Å²) in [7, 11) is 0. The number of halogens is 1. The van der Waals surface area contributed by atoms with Gasteiger partial charge < -0.3 is 15.2 Å². The number of hydrogen-bond acceptors (Lipinski definition) is 4. The van der Waals surface area contributed by atoms with Gasteiger partial charge in [0.1, 0.15) is 24.0 Å². The largest absolute Gasteiger partial charge is 0.491 e. The van der Waals surface area contributed by atoms with Crippen molar-refractivity contribution in [2.24, 2.45) is 0 Å². The molecule has 1 spiro atoms. The zero-order chi connectivity index (χ0) is 21.1. The zero-order valence-electron chi connectivity index (χ0n) is 16.6. The molecule has 0 radical (unpaired) electrons. The molecule has 30 heavy (non-hydrogen) atoms. The number of aliphatic hydroxyl groups is 1. The fraction of sp³-hybridized carbons (Fsp3) is 0.391. The van der Waals surface area contributed by atoms with E-state index in [9.17, 15) is 14.7 Å². The van der Waals surface area contributed by atoms with Gasteiger partial charge >= 0.3 is 6.03 Å². The van der Waals surface area contributed by atoms with E-state index in [0.717, 1.165) is 17.7 Å². The Morgan fingerprint density at radius 3 is 2.43 bits per heavy atom. The summed E-state index contributed by atoms with van der Waals surface area (Å²) >= 11 is 5.84. The molecule has 7 heteroatoms. The van der Waals surface area contributed by atoms with Gasteiger partial charge in [-0.15, -0.1) is 0 Å². The lowest BCUT2D eigenvalue weighted by atomic mass is 9.74. The molecular weight excluding hydrogens is 404 g/mol. The first-order valence-electron chi connectivity index (χ1n) is 10.2. The van der Waals surface area contributed by atoms with Gasteiger partial charge in [0.2, 0.25) is 0 Å². The molecule has 6 nitrogen and oxygen atoms in total. The number of ether oxygens (including phenoxy) is 1. The maximum absolute atomic E-state index is 13.1.